The van der Waals surface area contributed by atoms with Crippen molar-refractivity contribution >= 4 is 29.0 Å². The molecule has 1 saturated carbocycles. The average molecular weight is 181 g/mol. The van der Waals surface area contributed by atoms with Gasteiger partial charge in [0, 0.05) is 6.42 Å². The van der Waals surface area contributed by atoms with Crippen molar-refractivity contribution in [2.45, 2.75) is 30.5 Å². The summed E-state index contributed by atoms with van der Waals surface area (Å²) in [6.45, 7) is 1.59. The molecule has 0 radical (unpaired) electrons. The van der Waals surface area contributed by atoms with Crippen LogP contribution in [0.1, 0.15) is 26.2 Å². The lowest BCUT2D eigenvalue weighted by molar-refractivity contribution is -0.117. The number of Topliss-reactive ketones (excluding diaryl/α,β-unsaturated/α-hetero) is 1. The van der Waals surface area contributed by atoms with Crippen LogP contribution < -0.4 is 0 Å². The van der Waals surface area contributed by atoms with Gasteiger partial charge in [-0.1, -0.05) is 0 Å². The second kappa shape index (κ2) is 2.71. The predicted molar refractivity (Wildman–Crippen MR) is 42.5 cm³/mol. The molecule has 58 valence electrons. The van der Waals surface area contributed by atoms with Gasteiger partial charge in [-0.3, -0.25) is 0 Å². The molecule has 1 atom stereocenters. The number of carbonyl (C=O) groups excluding carboxylic acids is 1. The maximum absolute atomic E-state index is 10.5. The van der Waals surface area contributed by atoms with E-state index in [1.807, 2.05) is 0 Å². The van der Waals surface area contributed by atoms with Gasteiger partial charge in [0.1, 0.15) is 10.1 Å². The van der Waals surface area contributed by atoms with Gasteiger partial charge in [-0.15, -0.1) is 23.2 Å². The molecule has 0 unspecified atom stereocenters. The number of rotatable bonds is 3. The molecule has 0 aromatic carbocycles. The Morgan fingerprint density at radius 3 is 2.50 bits per heavy atom. The highest BCUT2D eigenvalue weighted by atomic mass is 35.5. The molecule has 0 bridgehead atoms. The molecule has 0 amide bonds. The highest BCUT2D eigenvalue weighted by Crippen LogP contribution is 2.55. The van der Waals surface area contributed by atoms with Gasteiger partial charge >= 0.3 is 0 Å². The lowest BCUT2D eigenvalue weighted by atomic mass is 10.2. The van der Waals surface area contributed by atoms with Crippen molar-refractivity contribution in [2.75, 3.05) is 0 Å². The second-order valence-corrected chi connectivity index (χ2v) is 4.45. The third kappa shape index (κ3) is 2.14. The summed E-state index contributed by atoms with van der Waals surface area (Å²) in [6, 6.07) is 0. The summed E-state index contributed by atoms with van der Waals surface area (Å²) < 4.78 is -0.505. The van der Waals surface area contributed by atoms with Gasteiger partial charge < -0.3 is 4.79 Å². The number of hydrogen-bond donors (Lipinski definition) is 0. The molecule has 1 nitrogen and oxygen atoms in total. The summed E-state index contributed by atoms with van der Waals surface area (Å²) >= 11 is 11.5. The minimum atomic E-state index is -0.505. The van der Waals surface area contributed by atoms with E-state index in [0.717, 1.165) is 12.8 Å². The summed E-state index contributed by atoms with van der Waals surface area (Å²) in [6.07, 6.45) is 2.32. The zero-order valence-electron chi connectivity index (χ0n) is 5.86. The standard InChI is InChI=1S/C7H10Cl2O/c1-5(10)2-3-6-4-7(6,8)9/h6H,2-4H2,1H3/t6-/m1/s1. The zero-order valence-corrected chi connectivity index (χ0v) is 7.37. The van der Waals surface area contributed by atoms with Gasteiger partial charge in [0.15, 0.2) is 0 Å². The van der Waals surface area contributed by atoms with Gasteiger partial charge in [0.25, 0.3) is 0 Å². The Kier molecular flexibility index (Phi) is 2.26. The third-order valence-corrected chi connectivity index (χ3v) is 2.73. The normalized spacial score (nSPS) is 28.1. The van der Waals surface area contributed by atoms with E-state index in [0.29, 0.717) is 12.3 Å². The molecule has 0 N–H and O–H groups in total. The zero-order chi connectivity index (χ0) is 7.78. The number of carbonyl (C=O) groups is 1. The Morgan fingerprint density at radius 1 is 1.70 bits per heavy atom. The van der Waals surface area contributed by atoms with E-state index < -0.39 is 4.33 Å². The molecule has 0 heterocycles. The molecule has 0 aromatic rings. The first-order valence-corrected chi connectivity index (χ1v) is 4.15. The fourth-order valence-corrected chi connectivity index (χ4v) is 1.55. The summed E-state index contributed by atoms with van der Waals surface area (Å²) in [5.41, 5.74) is 0. The largest absolute Gasteiger partial charge is 0.300 e. The summed E-state index contributed by atoms with van der Waals surface area (Å²) in [4.78, 5) is 10.5. The van der Waals surface area contributed by atoms with E-state index in [-0.39, 0.29) is 5.78 Å². The van der Waals surface area contributed by atoms with Crippen molar-refractivity contribution in [1.29, 1.82) is 0 Å². The summed E-state index contributed by atoms with van der Waals surface area (Å²) in [5.74, 6) is 0.579. The topological polar surface area (TPSA) is 17.1 Å². The second-order valence-electron chi connectivity index (χ2n) is 2.90. The van der Waals surface area contributed by atoms with Crippen LogP contribution in [0, 0.1) is 5.92 Å². The predicted octanol–water partition coefficient (Wildman–Crippen LogP) is 2.55. The fraction of sp³-hybridized carbons (Fsp3) is 0.857. The average Bonchev–Trinajstić information content (AvgIpc) is 2.35. The van der Waals surface area contributed by atoms with Gasteiger partial charge in [-0.25, -0.2) is 0 Å². The van der Waals surface area contributed by atoms with Crippen LogP contribution in [0.4, 0.5) is 0 Å². The van der Waals surface area contributed by atoms with Crippen molar-refractivity contribution in [2.24, 2.45) is 5.92 Å². The Labute approximate surface area is 70.7 Å². The maximum Gasteiger partial charge on any atom is 0.129 e. The molecule has 1 rings (SSSR count). The first-order valence-electron chi connectivity index (χ1n) is 3.39. The Morgan fingerprint density at radius 2 is 2.20 bits per heavy atom. The van der Waals surface area contributed by atoms with Crippen LogP contribution in [0.5, 0.6) is 0 Å². The number of ketones is 1. The van der Waals surface area contributed by atoms with Crippen LogP contribution in [0.2, 0.25) is 0 Å². The first-order chi connectivity index (χ1) is 4.52. The lowest BCUT2D eigenvalue weighted by Gasteiger charge is -1.95. The molecule has 3 heteroatoms. The van der Waals surface area contributed by atoms with Crippen LogP contribution >= 0.6 is 23.2 Å². The monoisotopic (exact) mass is 180 g/mol. The van der Waals surface area contributed by atoms with Crippen molar-refractivity contribution in [3.8, 4) is 0 Å². The molecule has 1 aliphatic carbocycles. The van der Waals surface area contributed by atoms with E-state index in [2.05, 4.69) is 0 Å². The number of hydrogen-bond acceptors (Lipinski definition) is 1. The highest BCUT2D eigenvalue weighted by Gasteiger charge is 2.50. The SMILES string of the molecule is CC(=O)CC[C@@H]1CC1(Cl)Cl. The van der Waals surface area contributed by atoms with Crippen molar-refractivity contribution in [3.05, 3.63) is 0 Å². The first kappa shape index (κ1) is 8.35. The molecular formula is C7H10Cl2O. The molecule has 0 saturated heterocycles. The Balaban J connectivity index is 2.13. The van der Waals surface area contributed by atoms with Gasteiger partial charge in [-0.05, 0) is 25.7 Å². The van der Waals surface area contributed by atoms with Crippen molar-refractivity contribution in [3.63, 3.8) is 0 Å². The molecule has 0 spiro atoms. The number of alkyl halides is 2. The molecular weight excluding hydrogens is 171 g/mol. The van der Waals surface area contributed by atoms with Crippen molar-refractivity contribution < 1.29 is 4.79 Å². The van der Waals surface area contributed by atoms with E-state index in [1.165, 1.54) is 0 Å². The summed E-state index contributed by atoms with van der Waals surface area (Å²) in [7, 11) is 0. The Bertz CT molecular complexity index is 154. The molecule has 1 fully saturated rings. The third-order valence-electron chi connectivity index (χ3n) is 1.80. The van der Waals surface area contributed by atoms with Gasteiger partial charge in [0.2, 0.25) is 0 Å². The van der Waals surface area contributed by atoms with E-state index in [1.54, 1.807) is 6.92 Å². The maximum atomic E-state index is 10.5. The van der Waals surface area contributed by atoms with Crippen LogP contribution in [0.3, 0.4) is 0 Å². The van der Waals surface area contributed by atoms with E-state index in [4.69, 9.17) is 23.2 Å². The van der Waals surface area contributed by atoms with E-state index in [9.17, 15) is 4.79 Å². The number of halogens is 2. The lowest BCUT2D eigenvalue weighted by Crippen LogP contribution is -1.94. The van der Waals surface area contributed by atoms with Gasteiger partial charge in [0.05, 0.1) is 0 Å². The molecule has 10 heavy (non-hydrogen) atoms. The minimum Gasteiger partial charge on any atom is -0.300 e. The van der Waals surface area contributed by atoms with E-state index >= 15 is 0 Å². The van der Waals surface area contributed by atoms with Crippen molar-refractivity contribution in [1.82, 2.24) is 0 Å². The highest BCUT2D eigenvalue weighted by molar-refractivity contribution is 6.50. The Hall–Kier alpha value is 0.250. The van der Waals surface area contributed by atoms with Crippen LogP contribution in [-0.4, -0.2) is 10.1 Å². The molecule has 0 aliphatic heterocycles. The minimum absolute atomic E-state index is 0.219. The summed E-state index contributed by atoms with van der Waals surface area (Å²) in [5, 5.41) is 0. The van der Waals surface area contributed by atoms with Gasteiger partial charge in [-0.2, -0.15) is 0 Å². The van der Waals surface area contributed by atoms with Crippen LogP contribution in [-0.2, 0) is 4.79 Å². The molecule has 0 aromatic heterocycles. The van der Waals surface area contributed by atoms with Crippen LogP contribution in [0.25, 0.3) is 0 Å². The van der Waals surface area contributed by atoms with Crippen LogP contribution in [0.15, 0.2) is 0 Å². The quantitative estimate of drug-likeness (QED) is 0.611. The molecule has 1 aliphatic rings. The smallest absolute Gasteiger partial charge is 0.129 e. The fourth-order valence-electron chi connectivity index (χ4n) is 0.960.